The number of aromatic nitrogens is 3. The summed E-state index contributed by atoms with van der Waals surface area (Å²) in [6, 6.07) is 15.6. The maximum atomic E-state index is 13.0. The zero-order valence-corrected chi connectivity index (χ0v) is 18.7. The maximum absolute atomic E-state index is 13.0. The molecule has 0 amide bonds. The van der Waals surface area contributed by atoms with Crippen LogP contribution in [0.25, 0.3) is 16.9 Å². The molecule has 2 aromatic carbocycles. The van der Waals surface area contributed by atoms with Gasteiger partial charge in [0.05, 0.1) is 28.0 Å². The monoisotopic (exact) mass is 486 g/mol. The van der Waals surface area contributed by atoms with Crippen LogP contribution in [-0.2, 0) is 9.84 Å². The lowest BCUT2D eigenvalue weighted by atomic mass is 9.96. The lowest BCUT2D eigenvalue weighted by Gasteiger charge is -2.28. The molecule has 0 spiro atoms. The van der Waals surface area contributed by atoms with E-state index >= 15 is 0 Å². The van der Waals surface area contributed by atoms with Crippen LogP contribution in [0.5, 0.6) is 5.75 Å². The molecule has 0 fully saturated rings. The van der Waals surface area contributed by atoms with Crippen molar-refractivity contribution in [1.82, 2.24) is 19.9 Å². The van der Waals surface area contributed by atoms with E-state index in [0.29, 0.717) is 33.9 Å². The van der Waals surface area contributed by atoms with Gasteiger partial charge in [-0.25, -0.2) is 17.9 Å². The van der Waals surface area contributed by atoms with Gasteiger partial charge in [-0.15, -0.1) is 0 Å². The predicted molar refractivity (Wildman–Crippen MR) is 119 cm³/mol. The number of alkyl halides is 2. The molecule has 3 heterocycles. The van der Waals surface area contributed by atoms with Crippen LogP contribution in [0.15, 0.2) is 65.6 Å². The zero-order valence-electron chi connectivity index (χ0n) is 17.9. The fraction of sp³-hybridized carbons (Fsp3) is 0.217. The largest absolute Gasteiger partial charge is 0.434 e. The van der Waals surface area contributed by atoms with Gasteiger partial charge in [0, 0.05) is 23.9 Å². The molecule has 34 heavy (non-hydrogen) atoms. The zero-order chi connectivity index (χ0) is 24.0. The van der Waals surface area contributed by atoms with Crippen molar-refractivity contribution < 1.29 is 27.0 Å². The number of nitrogens with zero attached hydrogens (tertiary/aromatic N) is 3. The average Bonchev–Trinajstić information content (AvgIpc) is 3.19. The molecule has 176 valence electrons. The molecule has 2 aromatic heterocycles. The molecule has 0 unspecified atom stereocenters. The smallest absolute Gasteiger partial charge is 0.387 e. The Bertz CT molecular complexity index is 1470. The molecule has 2 atom stereocenters. The van der Waals surface area contributed by atoms with Gasteiger partial charge in [-0.2, -0.15) is 13.9 Å². The number of fused-ring (bicyclic) bond motifs is 3. The number of ether oxygens (including phenoxy) is 1. The van der Waals surface area contributed by atoms with Crippen LogP contribution in [0.1, 0.15) is 29.1 Å². The molecule has 1 aliphatic heterocycles. The number of halogens is 2. The van der Waals surface area contributed by atoms with Gasteiger partial charge in [0.15, 0.2) is 15.5 Å². The first kappa shape index (κ1) is 22.4. The number of hydrogen-bond acceptors (Lipinski definition) is 7. The summed E-state index contributed by atoms with van der Waals surface area (Å²) >= 11 is 0. The van der Waals surface area contributed by atoms with E-state index in [9.17, 15) is 22.3 Å². The van der Waals surface area contributed by atoms with Crippen molar-refractivity contribution in [2.75, 3.05) is 12.8 Å². The van der Waals surface area contributed by atoms with Crippen LogP contribution >= 0.6 is 0 Å². The van der Waals surface area contributed by atoms with Gasteiger partial charge >= 0.3 is 6.61 Å². The molecule has 0 saturated heterocycles. The highest BCUT2D eigenvalue weighted by atomic mass is 32.2. The van der Waals surface area contributed by atoms with Gasteiger partial charge in [0.25, 0.3) is 0 Å². The van der Waals surface area contributed by atoms with Crippen LogP contribution in [0.2, 0.25) is 0 Å². The predicted octanol–water partition coefficient (Wildman–Crippen LogP) is 3.13. The van der Waals surface area contributed by atoms with Crippen molar-refractivity contribution in [3.63, 3.8) is 0 Å². The number of rotatable bonds is 5. The van der Waals surface area contributed by atoms with Crippen molar-refractivity contribution in [1.29, 1.82) is 0 Å². The summed E-state index contributed by atoms with van der Waals surface area (Å²) in [5, 5.41) is 18.4. The Balaban J connectivity index is 1.64. The van der Waals surface area contributed by atoms with Crippen molar-refractivity contribution in [3.05, 3.63) is 77.6 Å². The first-order valence-corrected chi connectivity index (χ1v) is 12.3. The van der Waals surface area contributed by atoms with Crippen molar-refractivity contribution in [2.45, 2.75) is 23.7 Å². The minimum absolute atomic E-state index is 0.0137. The van der Waals surface area contributed by atoms with Crippen molar-refractivity contribution >= 4 is 15.5 Å². The first-order valence-electron chi connectivity index (χ1n) is 10.4. The molecule has 11 heteroatoms. The van der Waals surface area contributed by atoms with Gasteiger partial charge in [0.1, 0.15) is 11.9 Å². The van der Waals surface area contributed by atoms with E-state index in [1.54, 1.807) is 47.0 Å². The number of hydrogen-bond donors (Lipinski definition) is 2. The SMILES string of the molecule is CS(=O)(=O)c1ccc(-c2ccc3nc4c(n3n2)[C@@H](c2ccccc2OC(F)F)NC[C@H]4O)cc1. The van der Waals surface area contributed by atoms with E-state index in [2.05, 4.69) is 15.4 Å². The van der Waals surface area contributed by atoms with E-state index in [0.717, 1.165) is 6.26 Å². The number of sulfone groups is 1. The van der Waals surface area contributed by atoms with Gasteiger partial charge in [0.2, 0.25) is 0 Å². The topological polar surface area (TPSA) is 106 Å². The Morgan fingerprint density at radius 2 is 1.85 bits per heavy atom. The molecule has 2 N–H and O–H groups in total. The Kier molecular flexibility index (Phi) is 5.54. The summed E-state index contributed by atoms with van der Waals surface area (Å²) in [7, 11) is -3.33. The molecule has 5 rings (SSSR count). The second-order valence-electron chi connectivity index (χ2n) is 7.94. The third-order valence-electron chi connectivity index (χ3n) is 5.67. The van der Waals surface area contributed by atoms with Crippen LogP contribution in [-0.4, -0.2) is 47.5 Å². The molecular weight excluding hydrogens is 466 g/mol. The quantitative estimate of drug-likeness (QED) is 0.447. The summed E-state index contributed by atoms with van der Waals surface area (Å²) in [5.41, 5.74) is 3.06. The molecule has 0 saturated carbocycles. The second-order valence-corrected chi connectivity index (χ2v) is 9.96. The number of imidazole rings is 1. The van der Waals surface area contributed by atoms with Gasteiger partial charge in [-0.05, 0) is 30.3 Å². The minimum Gasteiger partial charge on any atom is -0.434 e. The number of para-hydroxylation sites is 1. The Hall–Kier alpha value is -3.41. The first-order chi connectivity index (χ1) is 16.2. The van der Waals surface area contributed by atoms with E-state index < -0.39 is 28.6 Å². The number of β-amino-alcohol motifs (C(OH)–C–C–N with tert-alkyl or cyclic N) is 1. The van der Waals surface area contributed by atoms with Crippen LogP contribution in [0.4, 0.5) is 8.78 Å². The molecule has 0 aliphatic carbocycles. The van der Waals surface area contributed by atoms with Gasteiger partial charge in [-0.3, -0.25) is 0 Å². The van der Waals surface area contributed by atoms with Crippen molar-refractivity contribution in [2.24, 2.45) is 0 Å². The number of aliphatic hydroxyl groups is 1. The van der Waals surface area contributed by atoms with E-state index in [4.69, 9.17) is 4.74 Å². The normalized spacial score (nSPS) is 18.3. The fourth-order valence-electron chi connectivity index (χ4n) is 4.11. The summed E-state index contributed by atoms with van der Waals surface area (Å²) in [6.45, 7) is -2.82. The second kappa shape index (κ2) is 8.42. The maximum Gasteiger partial charge on any atom is 0.387 e. The lowest BCUT2D eigenvalue weighted by Crippen LogP contribution is -2.35. The average molecular weight is 487 g/mol. The summed E-state index contributed by atoms with van der Waals surface area (Å²) in [4.78, 5) is 4.72. The van der Waals surface area contributed by atoms with E-state index in [-0.39, 0.29) is 17.2 Å². The highest BCUT2D eigenvalue weighted by Gasteiger charge is 2.34. The standard InChI is InChI=1S/C23H20F2N4O4S/c1-34(31,32)14-8-6-13(7-9-14)16-10-11-19-27-21-17(30)12-26-20(22(21)29(19)28-16)15-4-2-3-5-18(15)33-23(24)25/h2-11,17,20,23,26,30H,12H2,1H3/t17-,20-/m1/s1. The van der Waals surface area contributed by atoms with Crippen LogP contribution in [0.3, 0.4) is 0 Å². The Labute approximate surface area is 193 Å². The number of nitrogens with one attached hydrogen (secondary N) is 1. The van der Waals surface area contributed by atoms with Gasteiger partial charge in [-0.1, -0.05) is 30.3 Å². The Morgan fingerprint density at radius 3 is 2.56 bits per heavy atom. The fourth-order valence-corrected chi connectivity index (χ4v) is 4.74. The summed E-state index contributed by atoms with van der Waals surface area (Å²) in [6.07, 6.45) is 0.228. The molecule has 0 bridgehead atoms. The summed E-state index contributed by atoms with van der Waals surface area (Å²) < 4.78 is 55.8. The molecule has 1 aliphatic rings. The minimum atomic E-state index is -3.33. The van der Waals surface area contributed by atoms with Crippen LogP contribution < -0.4 is 10.1 Å². The Morgan fingerprint density at radius 1 is 1.12 bits per heavy atom. The molecular formula is C23H20F2N4O4S. The van der Waals surface area contributed by atoms with E-state index in [1.165, 1.54) is 18.2 Å². The van der Waals surface area contributed by atoms with Crippen molar-refractivity contribution in [3.8, 4) is 17.0 Å². The highest BCUT2D eigenvalue weighted by molar-refractivity contribution is 7.90. The third kappa shape index (κ3) is 4.02. The third-order valence-corrected chi connectivity index (χ3v) is 6.80. The molecule has 4 aromatic rings. The van der Waals surface area contributed by atoms with E-state index in [1.807, 2.05) is 0 Å². The molecule has 8 nitrogen and oxygen atoms in total. The lowest BCUT2D eigenvalue weighted by molar-refractivity contribution is -0.0507. The van der Waals surface area contributed by atoms with Crippen LogP contribution in [0, 0.1) is 0 Å². The highest BCUT2D eigenvalue weighted by Crippen LogP contribution is 2.37. The summed E-state index contributed by atoms with van der Waals surface area (Å²) in [5.74, 6) is 0.0137. The van der Waals surface area contributed by atoms with Gasteiger partial charge < -0.3 is 15.2 Å². The molecule has 0 radical (unpaired) electrons. The number of aliphatic hydroxyl groups excluding tert-OH is 1. The number of benzene rings is 2.